The Labute approximate surface area is 80.0 Å². The molecule has 0 radical (unpaired) electrons. The number of aromatic carboxylic acids is 1. The zero-order valence-electron chi connectivity index (χ0n) is 5.50. The van der Waals surface area contributed by atoms with Crippen molar-refractivity contribution in [2.75, 3.05) is 6.26 Å². The van der Waals surface area contributed by atoms with Gasteiger partial charge in [0.1, 0.15) is 9.48 Å². The van der Waals surface area contributed by atoms with E-state index < -0.39 is 5.97 Å². The van der Waals surface area contributed by atoms with Gasteiger partial charge in [0, 0.05) is 0 Å². The Balaban J connectivity index is 3.07. The van der Waals surface area contributed by atoms with E-state index in [-0.39, 0.29) is 4.88 Å². The third kappa shape index (κ3) is 1.94. The molecule has 1 aromatic rings. The first-order valence-corrected chi connectivity index (χ1v) is 5.42. The van der Waals surface area contributed by atoms with Gasteiger partial charge in [-0.25, -0.2) is 9.78 Å². The number of halogens is 1. The van der Waals surface area contributed by atoms with Crippen LogP contribution in [0.2, 0.25) is 0 Å². The predicted molar refractivity (Wildman–Crippen MR) is 48.6 cm³/mol. The fourth-order valence-electron chi connectivity index (χ4n) is 0.502. The summed E-state index contributed by atoms with van der Waals surface area (Å²) in [5.41, 5.74) is 0. The van der Waals surface area contributed by atoms with Crippen LogP contribution in [-0.2, 0) is 0 Å². The highest BCUT2D eigenvalue weighted by atomic mass is 79.9. The molecule has 60 valence electrons. The summed E-state index contributed by atoms with van der Waals surface area (Å²) >= 11 is 5.67. The molecule has 0 atom stereocenters. The summed E-state index contributed by atoms with van der Waals surface area (Å²) in [5.74, 6) is -0.935. The molecule has 0 saturated heterocycles. The van der Waals surface area contributed by atoms with Crippen molar-refractivity contribution in [3.8, 4) is 0 Å². The second-order valence-corrected chi connectivity index (χ2v) is 4.41. The molecule has 0 fully saturated rings. The standard InChI is InChI=1S/C5H4BrNO2S2/c1-10-5-7-3(6)2(11-5)4(8)9/h1H3,(H,8,9). The summed E-state index contributed by atoms with van der Waals surface area (Å²) in [6.07, 6.45) is 1.86. The molecular weight excluding hydrogens is 250 g/mol. The first kappa shape index (κ1) is 9.02. The van der Waals surface area contributed by atoms with Gasteiger partial charge >= 0.3 is 5.97 Å². The lowest BCUT2D eigenvalue weighted by Crippen LogP contribution is -1.91. The Morgan fingerprint density at radius 2 is 2.45 bits per heavy atom. The van der Waals surface area contributed by atoms with Gasteiger partial charge in [-0.2, -0.15) is 0 Å². The smallest absolute Gasteiger partial charge is 0.348 e. The van der Waals surface area contributed by atoms with Gasteiger partial charge < -0.3 is 5.11 Å². The molecule has 0 aliphatic heterocycles. The number of carboxylic acid groups (broad SMARTS) is 1. The minimum Gasteiger partial charge on any atom is -0.477 e. The van der Waals surface area contributed by atoms with Gasteiger partial charge in [0.25, 0.3) is 0 Å². The third-order valence-electron chi connectivity index (χ3n) is 0.935. The lowest BCUT2D eigenvalue weighted by molar-refractivity contribution is 0.0701. The maximum absolute atomic E-state index is 10.5. The lowest BCUT2D eigenvalue weighted by atomic mass is 10.6. The topological polar surface area (TPSA) is 50.2 Å². The minimum atomic E-state index is -0.935. The van der Waals surface area contributed by atoms with Crippen LogP contribution >= 0.6 is 39.0 Å². The van der Waals surface area contributed by atoms with Crippen LogP contribution in [0.1, 0.15) is 9.67 Å². The molecule has 0 spiro atoms. The number of hydrogen-bond donors (Lipinski definition) is 1. The minimum absolute atomic E-state index is 0.259. The number of carboxylic acids is 1. The Hall–Kier alpha value is -0.0700. The highest BCUT2D eigenvalue weighted by Crippen LogP contribution is 2.28. The number of thiazole rings is 1. The lowest BCUT2D eigenvalue weighted by Gasteiger charge is -1.82. The van der Waals surface area contributed by atoms with E-state index in [0.29, 0.717) is 4.60 Å². The Kier molecular flexibility index (Phi) is 2.91. The van der Waals surface area contributed by atoms with Crippen molar-refractivity contribution < 1.29 is 9.90 Å². The second kappa shape index (κ2) is 3.55. The van der Waals surface area contributed by atoms with E-state index in [4.69, 9.17) is 5.11 Å². The first-order valence-electron chi connectivity index (χ1n) is 2.58. The van der Waals surface area contributed by atoms with E-state index in [0.717, 1.165) is 4.34 Å². The van der Waals surface area contributed by atoms with Gasteiger partial charge in [-0.1, -0.05) is 23.1 Å². The molecule has 0 aliphatic carbocycles. The largest absolute Gasteiger partial charge is 0.477 e. The second-order valence-electron chi connectivity index (χ2n) is 1.61. The number of aromatic nitrogens is 1. The van der Waals surface area contributed by atoms with Crippen molar-refractivity contribution >= 4 is 45.0 Å². The molecule has 1 heterocycles. The number of hydrogen-bond acceptors (Lipinski definition) is 4. The molecule has 0 aromatic carbocycles. The van der Waals surface area contributed by atoms with E-state index in [2.05, 4.69) is 20.9 Å². The van der Waals surface area contributed by atoms with E-state index in [1.807, 2.05) is 6.26 Å². The molecule has 3 nitrogen and oxygen atoms in total. The molecule has 0 bridgehead atoms. The molecule has 0 saturated carbocycles. The van der Waals surface area contributed by atoms with E-state index in [1.165, 1.54) is 23.1 Å². The van der Waals surface area contributed by atoms with E-state index >= 15 is 0 Å². The zero-order valence-corrected chi connectivity index (χ0v) is 8.72. The highest BCUT2D eigenvalue weighted by Gasteiger charge is 2.14. The fraction of sp³-hybridized carbons (Fsp3) is 0.200. The molecular formula is C5H4BrNO2S2. The number of thioether (sulfide) groups is 1. The van der Waals surface area contributed by atoms with Crippen LogP contribution in [-0.4, -0.2) is 22.3 Å². The summed E-state index contributed by atoms with van der Waals surface area (Å²) in [6, 6.07) is 0. The average molecular weight is 254 g/mol. The van der Waals surface area contributed by atoms with Crippen LogP contribution in [0.3, 0.4) is 0 Å². The van der Waals surface area contributed by atoms with Crippen molar-refractivity contribution in [1.82, 2.24) is 4.98 Å². The normalized spacial score (nSPS) is 10.0. The molecule has 1 aromatic heterocycles. The maximum Gasteiger partial charge on any atom is 0.348 e. The summed E-state index contributed by atoms with van der Waals surface area (Å²) in [7, 11) is 0. The summed E-state index contributed by atoms with van der Waals surface area (Å²) in [5, 5.41) is 8.61. The number of nitrogens with zero attached hydrogens (tertiary/aromatic N) is 1. The van der Waals surface area contributed by atoms with Crippen LogP contribution in [0, 0.1) is 0 Å². The van der Waals surface area contributed by atoms with Crippen LogP contribution in [0.25, 0.3) is 0 Å². The zero-order chi connectivity index (χ0) is 8.43. The monoisotopic (exact) mass is 253 g/mol. The van der Waals surface area contributed by atoms with Gasteiger partial charge in [0.05, 0.1) is 0 Å². The first-order chi connectivity index (χ1) is 5.15. The van der Waals surface area contributed by atoms with Gasteiger partial charge in [0.15, 0.2) is 4.34 Å². The third-order valence-corrected chi connectivity index (χ3v) is 3.80. The molecule has 1 N–H and O–H groups in total. The van der Waals surface area contributed by atoms with Crippen molar-refractivity contribution in [3.63, 3.8) is 0 Å². The molecule has 6 heteroatoms. The van der Waals surface area contributed by atoms with Gasteiger partial charge in [-0.3, -0.25) is 0 Å². The Morgan fingerprint density at radius 1 is 1.82 bits per heavy atom. The summed E-state index contributed by atoms with van der Waals surface area (Å²) in [4.78, 5) is 14.7. The van der Waals surface area contributed by atoms with Crippen molar-refractivity contribution in [2.45, 2.75) is 4.34 Å². The van der Waals surface area contributed by atoms with E-state index in [9.17, 15) is 4.79 Å². The maximum atomic E-state index is 10.5. The quantitative estimate of drug-likeness (QED) is 0.823. The van der Waals surface area contributed by atoms with Crippen LogP contribution in [0.4, 0.5) is 0 Å². The molecule has 0 unspecified atom stereocenters. The fourth-order valence-corrected chi connectivity index (χ4v) is 2.62. The SMILES string of the molecule is CSc1nc(Br)c(C(=O)O)s1. The van der Waals surface area contributed by atoms with Crippen LogP contribution in [0.5, 0.6) is 0 Å². The number of rotatable bonds is 2. The summed E-state index contributed by atoms with van der Waals surface area (Å²) < 4.78 is 1.17. The summed E-state index contributed by atoms with van der Waals surface area (Å²) in [6.45, 7) is 0. The van der Waals surface area contributed by atoms with E-state index in [1.54, 1.807) is 0 Å². The molecule has 0 amide bonds. The molecule has 11 heavy (non-hydrogen) atoms. The van der Waals surface area contributed by atoms with Crippen LogP contribution < -0.4 is 0 Å². The van der Waals surface area contributed by atoms with Crippen molar-refractivity contribution in [2.24, 2.45) is 0 Å². The Morgan fingerprint density at radius 3 is 2.73 bits per heavy atom. The Bertz CT molecular complexity index is 286. The van der Waals surface area contributed by atoms with Gasteiger partial charge in [-0.05, 0) is 22.2 Å². The van der Waals surface area contributed by atoms with Gasteiger partial charge in [0.2, 0.25) is 0 Å². The highest BCUT2D eigenvalue weighted by molar-refractivity contribution is 9.10. The van der Waals surface area contributed by atoms with Gasteiger partial charge in [-0.15, -0.1) is 0 Å². The van der Waals surface area contributed by atoms with Crippen LogP contribution in [0.15, 0.2) is 8.94 Å². The molecule has 0 aliphatic rings. The van der Waals surface area contributed by atoms with Crippen molar-refractivity contribution in [1.29, 1.82) is 0 Å². The van der Waals surface area contributed by atoms with Crippen molar-refractivity contribution in [3.05, 3.63) is 9.48 Å². The molecule has 1 rings (SSSR count). The average Bonchev–Trinajstić information content (AvgIpc) is 2.30. The number of carbonyl (C=O) groups is 1. The predicted octanol–water partition coefficient (Wildman–Crippen LogP) is 2.33.